The van der Waals surface area contributed by atoms with Crippen molar-refractivity contribution >= 4 is 5.91 Å². The van der Waals surface area contributed by atoms with Crippen LogP contribution < -0.4 is 5.32 Å². The lowest BCUT2D eigenvalue weighted by molar-refractivity contribution is -0.130. The molecule has 4 aliphatic carbocycles. The van der Waals surface area contributed by atoms with Crippen molar-refractivity contribution in [3.05, 3.63) is 18.0 Å². The number of aromatic nitrogens is 2. The smallest absolute Gasteiger partial charge is 0.221 e. The molecule has 1 aromatic heterocycles. The monoisotopic (exact) mass is 331 g/mol. The fraction of sp³-hybridized carbons (Fsp3) is 0.789. The normalized spacial score (nSPS) is 35.2. The Hall–Kier alpha value is -1.36. The summed E-state index contributed by atoms with van der Waals surface area (Å²) in [5.74, 6) is 2.84. The molecule has 5 rings (SSSR count). The van der Waals surface area contributed by atoms with E-state index >= 15 is 0 Å². The number of aryl methyl sites for hydroxylation is 1. The van der Waals surface area contributed by atoms with Crippen LogP contribution in [0.5, 0.6) is 0 Å². The van der Waals surface area contributed by atoms with Gasteiger partial charge in [0.15, 0.2) is 0 Å². The first-order valence-electron chi connectivity index (χ1n) is 9.33. The van der Waals surface area contributed by atoms with Crippen LogP contribution in [0.15, 0.2) is 12.3 Å². The first-order chi connectivity index (χ1) is 11.6. The second-order valence-corrected chi connectivity index (χ2v) is 8.55. The Morgan fingerprint density at radius 2 is 1.96 bits per heavy atom. The minimum absolute atomic E-state index is 0.121. The maximum Gasteiger partial charge on any atom is 0.221 e. The zero-order chi connectivity index (χ0) is 16.7. The Morgan fingerprint density at radius 1 is 1.33 bits per heavy atom. The van der Waals surface area contributed by atoms with Crippen LogP contribution in [0.3, 0.4) is 0 Å². The summed E-state index contributed by atoms with van der Waals surface area (Å²) in [7, 11) is 3.58. The third-order valence-corrected chi connectivity index (χ3v) is 6.59. The lowest BCUT2D eigenvalue weighted by atomic mass is 9.49. The second-order valence-electron chi connectivity index (χ2n) is 8.55. The van der Waals surface area contributed by atoms with E-state index in [2.05, 4.69) is 10.4 Å². The van der Waals surface area contributed by atoms with Crippen molar-refractivity contribution in [2.45, 2.75) is 51.0 Å². The largest absolute Gasteiger partial charge is 0.382 e. The first kappa shape index (κ1) is 16.1. The molecule has 4 bridgehead atoms. The van der Waals surface area contributed by atoms with Crippen molar-refractivity contribution in [1.82, 2.24) is 15.1 Å². The fourth-order valence-corrected chi connectivity index (χ4v) is 6.19. The van der Waals surface area contributed by atoms with E-state index in [9.17, 15) is 4.79 Å². The standard InChI is InChI=1S/C19H29N3O2/c1-22-17(3-4-20-22)16(12-24-2)21-18(23)11-19-8-13-5-14(9-19)7-15(6-13)10-19/h3-4,13-16H,5-12H2,1-2H3,(H,21,23)/t13?,14?,15?,16-,19?/m0/s1. The third-order valence-electron chi connectivity index (χ3n) is 6.59. The molecule has 132 valence electrons. The van der Waals surface area contributed by atoms with Gasteiger partial charge in [0.05, 0.1) is 18.3 Å². The molecule has 1 aromatic rings. The molecule has 1 heterocycles. The van der Waals surface area contributed by atoms with Crippen molar-refractivity contribution in [3.63, 3.8) is 0 Å². The first-order valence-corrected chi connectivity index (χ1v) is 9.33. The summed E-state index contributed by atoms with van der Waals surface area (Å²) in [5.41, 5.74) is 1.28. The minimum atomic E-state index is -0.121. The molecule has 1 amide bonds. The number of carbonyl (C=O) groups is 1. The molecule has 0 aromatic carbocycles. The summed E-state index contributed by atoms with van der Waals surface area (Å²) in [6, 6.07) is 1.83. The Balaban J connectivity index is 1.43. The molecule has 4 aliphatic rings. The zero-order valence-electron chi connectivity index (χ0n) is 14.8. The van der Waals surface area contributed by atoms with Gasteiger partial charge in [0.2, 0.25) is 5.91 Å². The summed E-state index contributed by atoms with van der Waals surface area (Å²) in [4.78, 5) is 12.8. The van der Waals surface area contributed by atoms with Gasteiger partial charge in [-0.05, 0) is 67.8 Å². The van der Waals surface area contributed by atoms with Crippen LogP contribution in [-0.2, 0) is 16.6 Å². The molecular formula is C19H29N3O2. The quantitative estimate of drug-likeness (QED) is 0.872. The predicted molar refractivity (Wildman–Crippen MR) is 91.2 cm³/mol. The van der Waals surface area contributed by atoms with Gasteiger partial charge in [0.25, 0.3) is 0 Å². The van der Waals surface area contributed by atoms with E-state index in [0.29, 0.717) is 13.0 Å². The van der Waals surface area contributed by atoms with Gasteiger partial charge in [-0.25, -0.2) is 0 Å². The van der Waals surface area contributed by atoms with Gasteiger partial charge in [0.1, 0.15) is 0 Å². The molecule has 0 aliphatic heterocycles. The summed E-state index contributed by atoms with van der Waals surface area (Å²) < 4.78 is 7.14. The molecule has 5 heteroatoms. The molecule has 0 spiro atoms. The van der Waals surface area contributed by atoms with E-state index in [1.807, 2.05) is 17.8 Å². The molecule has 1 atom stereocenters. The highest BCUT2D eigenvalue weighted by atomic mass is 16.5. The minimum Gasteiger partial charge on any atom is -0.382 e. The second kappa shape index (κ2) is 6.17. The maximum absolute atomic E-state index is 12.8. The maximum atomic E-state index is 12.8. The van der Waals surface area contributed by atoms with Gasteiger partial charge in [-0.1, -0.05) is 0 Å². The molecule has 24 heavy (non-hydrogen) atoms. The fourth-order valence-electron chi connectivity index (χ4n) is 6.19. The van der Waals surface area contributed by atoms with E-state index in [4.69, 9.17) is 4.74 Å². The van der Waals surface area contributed by atoms with Crippen molar-refractivity contribution in [2.24, 2.45) is 30.2 Å². The third kappa shape index (κ3) is 2.99. The molecule has 1 N–H and O–H groups in total. The highest BCUT2D eigenvalue weighted by Crippen LogP contribution is 2.61. The number of hydrogen-bond donors (Lipinski definition) is 1. The number of rotatable bonds is 6. The van der Waals surface area contributed by atoms with Crippen molar-refractivity contribution < 1.29 is 9.53 Å². The molecule has 5 nitrogen and oxygen atoms in total. The van der Waals surface area contributed by atoms with Crippen LogP contribution >= 0.6 is 0 Å². The van der Waals surface area contributed by atoms with E-state index in [0.717, 1.165) is 23.4 Å². The SMILES string of the molecule is COC[C@H](NC(=O)CC12CC3CC(CC(C3)C1)C2)c1ccnn1C. The summed E-state index contributed by atoms with van der Waals surface area (Å²) in [6.45, 7) is 0.478. The van der Waals surface area contributed by atoms with E-state index in [-0.39, 0.29) is 17.4 Å². The summed E-state index contributed by atoms with van der Waals surface area (Å²) in [5, 5.41) is 7.43. The molecule has 0 saturated heterocycles. The van der Waals surface area contributed by atoms with Gasteiger partial charge in [0, 0.05) is 26.8 Å². The van der Waals surface area contributed by atoms with Gasteiger partial charge in [-0.3, -0.25) is 9.48 Å². The highest BCUT2D eigenvalue weighted by Gasteiger charge is 2.51. The summed E-state index contributed by atoms with van der Waals surface area (Å²) in [6.07, 6.45) is 10.5. The predicted octanol–water partition coefficient (Wildman–Crippen LogP) is 2.83. The van der Waals surface area contributed by atoms with Crippen LogP contribution in [0, 0.1) is 23.2 Å². The molecular weight excluding hydrogens is 302 g/mol. The zero-order valence-corrected chi connectivity index (χ0v) is 14.8. The average Bonchev–Trinajstić information content (AvgIpc) is 2.90. The Bertz CT molecular complexity index is 574. The van der Waals surface area contributed by atoms with Crippen LogP contribution in [0.25, 0.3) is 0 Å². The van der Waals surface area contributed by atoms with Crippen molar-refractivity contribution in [2.75, 3.05) is 13.7 Å². The van der Waals surface area contributed by atoms with Crippen molar-refractivity contribution in [3.8, 4) is 0 Å². The molecule has 4 fully saturated rings. The van der Waals surface area contributed by atoms with Crippen LogP contribution in [-0.4, -0.2) is 29.4 Å². The molecule has 0 radical (unpaired) electrons. The van der Waals surface area contributed by atoms with Gasteiger partial charge < -0.3 is 10.1 Å². The number of hydrogen-bond acceptors (Lipinski definition) is 3. The number of nitrogens with zero attached hydrogens (tertiary/aromatic N) is 2. The lowest BCUT2D eigenvalue weighted by Gasteiger charge is -2.56. The Labute approximate surface area is 144 Å². The Morgan fingerprint density at radius 3 is 2.46 bits per heavy atom. The number of ether oxygens (including phenoxy) is 1. The number of nitrogens with one attached hydrogen (secondary N) is 1. The van der Waals surface area contributed by atoms with E-state index in [1.165, 1.54) is 38.5 Å². The number of carbonyl (C=O) groups excluding carboxylic acids is 1. The van der Waals surface area contributed by atoms with E-state index in [1.54, 1.807) is 13.3 Å². The Kier molecular flexibility index (Phi) is 4.15. The number of amides is 1. The van der Waals surface area contributed by atoms with Crippen molar-refractivity contribution in [1.29, 1.82) is 0 Å². The van der Waals surface area contributed by atoms with Gasteiger partial charge >= 0.3 is 0 Å². The van der Waals surface area contributed by atoms with Gasteiger partial charge in [-0.15, -0.1) is 0 Å². The van der Waals surface area contributed by atoms with Gasteiger partial charge in [-0.2, -0.15) is 5.10 Å². The topological polar surface area (TPSA) is 56.1 Å². The lowest BCUT2D eigenvalue weighted by Crippen LogP contribution is -2.48. The van der Waals surface area contributed by atoms with Crippen LogP contribution in [0.2, 0.25) is 0 Å². The molecule has 0 unspecified atom stereocenters. The molecule has 4 saturated carbocycles. The van der Waals surface area contributed by atoms with Crippen LogP contribution in [0.1, 0.15) is 56.7 Å². The van der Waals surface area contributed by atoms with Crippen LogP contribution in [0.4, 0.5) is 0 Å². The average molecular weight is 331 g/mol. The number of methoxy groups -OCH3 is 1. The van der Waals surface area contributed by atoms with E-state index < -0.39 is 0 Å². The highest BCUT2D eigenvalue weighted by molar-refractivity contribution is 5.77. The summed E-state index contributed by atoms with van der Waals surface area (Å²) >= 11 is 0.